The van der Waals surface area contributed by atoms with Crippen LogP contribution in [0.5, 0.6) is 0 Å². The van der Waals surface area contributed by atoms with Crippen molar-refractivity contribution in [1.82, 2.24) is 4.57 Å². The molecule has 12 bridgehead atoms. The first-order valence-electron chi connectivity index (χ1n) is 28.8. The van der Waals surface area contributed by atoms with Crippen molar-refractivity contribution in [3.05, 3.63) is 198 Å². The minimum atomic E-state index is -10.7. The number of benzene rings is 2. The first-order valence-corrected chi connectivity index (χ1v) is 42.4. The number of fused-ring (bicyclic) bond motifs is 1. The van der Waals surface area contributed by atoms with Gasteiger partial charge in [0, 0.05) is 105 Å². The quantitative estimate of drug-likeness (QED) is 0.0371. The number of aromatic nitrogens is 5. The Kier molecular flexibility index (Phi) is 28.3. The predicted molar refractivity (Wildman–Crippen MR) is 357 cm³/mol. The van der Waals surface area contributed by atoms with Gasteiger partial charge in [-0.1, -0.05) is 95.6 Å². The fraction of sp³-hybridized carbons (Fsp3) is 0.298. The summed E-state index contributed by atoms with van der Waals surface area (Å²) in [4.78, 5) is 2.62. The van der Waals surface area contributed by atoms with E-state index >= 15 is 0 Å². The minimum absolute atomic E-state index is 0.0483. The number of rotatable bonds is 18. The van der Waals surface area contributed by atoms with Crippen molar-refractivity contribution in [1.29, 1.82) is 0 Å². The molecule has 2 N–H and O–H groups in total. The standard InChI is InChI=1S/C36H32N4.C21H31NO6S6.4F6P/c1-2-30-4-3-29(1)25-37-17-9-33(10-18-37)35-13-21-39(22-14-35)27-31-5-7-32(8-6-31)28-40-23-15-36(16-24-40)34-11-19-38(26-30)20-12-34;1-29-18-19(30-13-12-28-11-10-27-7-4-24)34-21(33-18)20-31-16-14-22(15-17(16)32-20)2-5-25-8-9-26-6-3-23;4*1-7(2,3,4,5)6/h1-24H,25-28H2;14-15,23-24H,2-13H2,1H3;;;;/q+4;;4*-1. The molecule has 0 saturated carbocycles. The summed E-state index contributed by atoms with van der Waals surface area (Å²) in [5.74, 6) is 0.913. The molecular formula is C57H63F24N5O6P4S6. The van der Waals surface area contributed by atoms with Gasteiger partial charge in [0.05, 0.1) is 83.0 Å². The second kappa shape index (κ2) is 32.6. The number of ether oxygens (including phenoxy) is 4. The van der Waals surface area contributed by atoms with Gasteiger partial charge in [-0.3, -0.25) is 0 Å². The maximum atomic E-state index is 9.87. The van der Waals surface area contributed by atoms with Crippen LogP contribution >= 0.6 is 102 Å². The molecular weight excluding hydrogens is 1620 g/mol. The average Bonchev–Trinajstić information content (AvgIpc) is 1.62. The van der Waals surface area contributed by atoms with Gasteiger partial charge in [0.15, 0.2) is 75.8 Å². The van der Waals surface area contributed by atoms with Crippen LogP contribution in [0, 0.1) is 0 Å². The van der Waals surface area contributed by atoms with Crippen LogP contribution < -0.4 is 18.3 Å². The molecule has 7 aromatic rings. The van der Waals surface area contributed by atoms with Gasteiger partial charge in [-0.05, 0) is 28.5 Å². The molecule has 0 aliphatic carbocycles. The molecule has 45 heteroatoms. The summed E-state index contributed by atoms with van der Waals surface area (Å²) >= 11 is 11.1. The Morgan fingerprint density at radius 2 is 0.598 bits per heavy atom. The maximum Gasteiger partial charge on any atom is 0.173 e. The van der Waals surface area contributed by atoms with Gasteiger partial charge in [0.1, 0.15) is 0 Å². The summed E-state index contributed by atoms with van der Waals surface area (Å²) in [5, 5.41) is 17.4. The van der Waals surface area contributed by atoms with E-state index < -0.39 is 31.2 Å². The molecule has 0 atom stereocenters. The third kappa shape index (κ3) is 45.9. The molecule has 11 nitrogen and oxygen atoms in total. The molecule has 18 aliphatic rings. The Labute approximate surface area is 592 Å². The molecule has 0 spiro atoms. The van der Waals surface area contributed by atoms with Crippen LogP contribution in [-0.2, 0) is 51.7 Å². The summed E-state index contributed by atoms with van der Waals surface area (Å²) < 4.78 is 275. The van der Waals surface area contributed by atoms with Crippen LogP contribution in [0.2, 0.25) is 0 Å². The topological polar surface area (TPSA) is 97.8 Å². The van der Waals surface area contributed by atoms with Crippen molar-refractivity contribution in [2.75, 3.05) is 78.1 Å². The van der Waals surface area contributed by atoms with Crippen LogP contribution in [0.4, 0.5) is 101 Å². The summed E-state index contributed by atoms with van der Waals surface area (Å²) in [6.07, 6.45) is 23.9. The Morgan fingerprint density at radius 3 is 0.863 bits per heavy atom. The minimum Gasteiger partial charge on any atom is -0.201 e. The van der Waals surface area contributed by atoms with Gasteiger partial charge in [0.25, 0.3) is 0 Å². The number of thioether (sulfide) groups is 6. The monoisotopic (exact) mass is 1690 g/mol. The Balaban J connectivity index is 0.000000269. The van der Waals surface area contributed by atoms with Crippen LogP contribution in [0.3, 0.4) is 0 Å². The van der Waals surface area contributed by atoms with Gasteiger partial charge in [-0.25, -0.2) is 18.3 Å². The number of nitrogens with zero attached hydrogens (tertiary/aromatic N) is 5. The molecule has 0 radical (unpaired) electrons. The van der Waals surface area contributed by atoms with Crippen molar-refractivity contribution >= 4 is 102 Å². The SMILES string of the molecule is CSC1=C(SCCOCCOCCO)SC(=C2Sc3cn(CCOCCOCCO)cc3S2)S1.F[P-](F)(F)(F)(F)F.F[P-](F)(F)(F)(F)F.F[P-](F)(F)(F)(F)F.F[P-](F)(F)(F)(F)F.c1cc2ccc1C[n+]1ccc(cc1)-c1cc[n+](cc1)Cc1ccc(cc1)C[n+]1ccc(cc1)-c1cc[n+](cc1)C2. The van der Waals surface area contributed by atoms with E-state index in [0.29, 0.717) is 52.9 Å². The second-order valence-corrected chi connectivity index (χ2v) is 36.0. The van der Waals surface area contributed by atoms with Crippen molar-refractivity contribution < 1.29 is 148 Å². The van der Waals surface area contributed by atoms with Gasteiger partial charge < -0.3 is 33.7 Å². The van der Waals surface area contributed by atoms with Gasteiger partial charge in [-0.15, -0.1) is 23.5 Å². The summed E-state index contributed by atoms with van der Waals surface area (Å²) in [7, 11) is -42.6. The van der Waals surface area contributed by atoms with Crippen LogP contribution in [-0.4, -0.2) is 92.9 Å². The van der Waals surface area contributed by atoms with E-state index in [1.165, 1.54) is 71.2 Å². The van der Waals surface area contributed by atoms with E-state index in [-0.39, 0.29) is 13.2 Å². The van der Waals surface area contributed by atoms with E-state index in [1.54, 1.807) is 0 Å². The molecule has 2 aromatic carbocycles. The van der Waals surface area contributed by atoms with Crippen LogP contribution in [0.25, 0.3) is 22.3 Å². The number of aliphatic hydroxyl groups is 2. The fourth-order valence-electron chi connectivity index (χ4n) is 8.12. The normalized spacial score (nSPS) is 16.5. The third-order valence-electron chi connectivity index (χ3n) is 12.0. The fourth-order valence-corrected chi connectivity index (χ4v) is 16.3. The Morgan fingerprint density at radius 1 is 0.353 bits per heavy atom. The van der Waals surface area contributed by atoms with E-state index in [2.05, 4.69) is 188 Å². The number of hydrogen-bond donors (Lipinski definition) is 2. The van der Waals surface area contributed by atoms with Crippen molar-refractivity contribution in [3.8, 4) is 22.3 Å². The molecule has 25 rings (SSSR count). The van der Waals surface area contributed by atoms with Crippen molar-refractivity contribution in [3.63, 3.8) is 0 Å². The zero-order chi connectivity index (χ0) is 76.4. The second-order valence-electron chi connectivity index (χ2n) is 21.2. The van der Waals surface area contributed by atoms with E-state index in [1.807, 2.05) is 70.6 Å². The van der Waals surface area contributed by atoms with E-state index in [4.69, 9.17) is 29.2 Å². The average molecular weight is 1690 g/mol. The zero-order valence-electron chi connectivity index (χ0n) is 52.4. The molecule has 0 amide bonds. The molecule has 23 heterocycles. The summed E-state index contributed by atoms with van der Waals surface area (Å²) in [6.45, 7) is 8.54. The molecule has 0 unspecified atom stereocenters. The first kappa shape index (κ1) is 88.3. The summed E-state index contributed by atoms with van der Waals surface area (Å²) in [6, 6.07) is 35.5. The van der Waals surface area contributed by atoms with E-state index in [0.717, 1.165) is 38.5 Å². The van der Waals surface area contributed by atoms with E-state index in [9.17, 15) is 101 Å². The van der Waals surface area contributed by atoms with Gasteiger partial charge in [0.2, 0.25) is 0 Å². The Hall–Kier alpha value is -4.30. The first-order chi connectivity index (χ1) is 46.3. The molecule has 576 valence electrons. The van der Waals surface area contributed by atoms with Crippen LogP contribution in [0.1, 0.15) is 22.3 Å². The van der Waals surface area contributed by atoms with Crippen LogP contribution in [0.15, 0.2) is 186 Å². The molecule has 5 aromatic heterocycles. The maximum absolute atomic E-state index is 10.7. The number of aliphatic hydroxyl groups excluding tert-OH is 2. The number of hydrogen-bond acceptors (Lipinski definition) is 12. The zero-order valence-corrected chi connectivity index (χ0v) is 60.9. The largest absolute Gasteiger partial charge is 0.201 e. The smallest absolute Gasteiger partial charge is 0.173 e. The third-order valence-corrected chi connectivity index (χ3v) is 20.4. The van der Waals surface area contributed by atoms with Gasteiger partial charge in [-0.2, -0.15) is 0 Å². The molecule has 18 aliphatic heterocycles. The molecule has 0 saturated heterocycles. The molecule has 0 fully saturated rings. The predicted octanol–water partition coefficient (Wildman–Crippen LogP) is 22.8. The molecule has 102 heavy (non-hydrogen) atoms. The Bertz CT molecular complexity index is 3490. The summed E-state index contributed by atoms with van der Waals surface area (Å²) in [5.41, 5.74) is 10.1. The van der Waals surface area contributed by atoms with Crippen molar-refractivity contribution in [2.24, 2.45) is 0 Å². The number of halogens is 24. The van der Waals surface area contributed by atoms with Crippen molar-refractivity contribution in [2.45, 2.75) is 42.5 Å². The number of pyridine rings is 4. The van der Waals surface area contributed by atoms with Gasteiger partial charge >= 0.3 is 132 Å².